The molecule has 0 unspecified atom stereocenters. The molecule has 0 saturated carbocycles. The number of hydrogen-bond acceptors (Lipinski definition) is 6. The predicted molar refractivity (Wildman–Crippen MR) is 110 cm³/mol. The topological polar surface area (TPSA) is 102 Å². The third-order valence-corrected chi connectivity index (χ3v) is 5.16. The quantitative estimate of drug-likeness (QED) is 0.311. The summed E-state index contributed by atoms with van der Waals surface area (Å²) in [6.07, 6.45) is 0. The third kappa shape index (κ3) is 3.68. The normalized spacial score (nSPS) is 11.8. The average Bonchev–Trinajstić information content (AvgIpc) is 2.68. The zero-order valence-corrected chi connectivity index (χ0v) is 16.3. The molecule has 2 N–H and O–H groups in total. The summed E-state index contributed by atoms with van der Waals surface area (Å²) in [6.45, 7) is 3.42. The van der Waals surface area contributed by atoms with Crippen molar-refractivity contribution in [3.05, 3.63) is 75.7 Å². The average molecular weight is 390 g/mol. The van der Waals surface area contributed by atoms with Gasteiger partial charge in [-0.15, -0.1) is 0 Å². The van der Waals surface area contributed by atoms with E-state index in [1.807, 2.05) is 37.3 Å². The van der Waals surface area contributed by atoms with Gasteiger partial charge in [0, 0.05) is 5.70 Å². The summed E-state index contributed by atoms with van der Waals surface area (Å²) in [4.78, 5) is 30.1. The maximum atomic E-state index is 13.2. The lowest BCUT2D eigenvalue weighted by Crippen LogP contribution is -2.23. The molecule has 0 fully saturated rings. The lowest BCUT2D eigenvalue weighted by molar-refractivity contribution is -0.112. The predicted octanol–water partition coefficient (Wildman–Crippen LogP) is 3.11. The van der Waals surface area contributed by atoms with Crippen molar-refractivity contribution in [1.82, 2.24) is 9.55 Å². The summed E-state index contributed by atoms with van der Waals surface area (Å²) < 4.78 is 1.51. The Bertz CT molecular complexity index is 1200. The largest absolute Gasteiger partial charge is 0.401 e. The molecule has 0 aliphatic heterocycles. The molecule has 0 bridgehead atoms. The Morgan fingerprint density at radius 2 is 1.89 bits per heavy atom. The molecule has 3 aromatic rings. The van der Waals surface area contributed by atoms with Crippen molar-refractivity contribution < 1.29 is 4.79 Å². The zero-order chi connectivity index (χ0) is 20.3. The molecule has 3 rings (SSSR count). The Labute approximate surface area is 166 Å². The number of rotatable bonds is 5. The minimum absolute atomic E-state index is 0.0475. The van der Waals surface area contributed by atoms with Crippen LogP contribution in [0.3, 0.4) is 0 Å². The number of nitrogens with two attached hydrogens (primary N) is 1. The van der Waals surface area contributed by atoms with Gasteiger partial charge in [0.1, 0.15) is 11.6 Å². The van der Waals surface area contributed by atoms with Crippen molar-refractivity contribution in [2.45, 2.75) is 19.0 Å². The summed E-state index contributed by atoms with van der Waals surface area (Å²) in [5.74, 6) is -0.445. The fraction of sp³-hybridized carbons (Fsp3) is 0.143. The van der Waals surface area contributed by atoms with Gasteiger partial charge in [-0.2, -0.15) is 5.26 Å². The SMILES string of the molecule is CC(N)=C(C#N)C(=O)CSc1nc2ccccc2c(=O)n1-c1ccccc1C. The van der Waals surface area contributed by atoms with Gasteiger partial charge in [-0.3, -0.25) is 14.2 Å². The maximum absolute atomic E-state index is 13.2. The minimum Gasteiger partial charge on any atom is -0.401 e. The van der Waals surface area contributed by atoms with Gasteiger partial charge in [0.15, 0.2) is 10.9 Å². The van der Waals surface area contributed by atoms with E-state index in [1.54, 1.807) is 24.3 Å². The number of thioether (sulfide) groups is 1. The molecule has 28 heavy (non-hydrogen) atoms. The number of aromatic nitrogens is 2. The number of benzene rings is 2. The Morgan fingerprint density at radius 1 is 1.21 bits per heavy atom. The first-order valence-corrected chi connectivity index (χ1v) is 9.53. The van der Waals surface area contributed by atoms with E-state index in [-0.39, 0.29) is 22.6 Å². The molecule has 0 spiro atoms. The van der Waals surface area contributed by atoms with Crippen LogP contribution < -0.4 is 11.3 Å². The van der Waals surface area contributed by atoms with Crippen LogP contribution in [0.5, 0.6) is 0 Å². The van der Waals surface area contributed by atoms with Gasteiger partial charge < -0.3 is 5.73 Å². The smallest absolute Gasteiger partial charge is 0.266 e. The van der Waals surface area contributed by atoms with Gasteiger partial charge in [0.2, 0.25) is 0 Å². The van der Waals surface area contributed by atoms with Crippen molar-refractivity contribution in [3.8, 4) is 11.8 Å². The third-order valence-electron chi connectivity index (χ3n) is 4.22. The number of fused-ring (bicyclic) bond motifs is 1. The fourth-order valence-corrected chi connectivity index (χ4v) is 3.69. The molecule has 0 aliphatic rings. The number of hydrogen-bond donors (Lipinski definition) is 1. The fourth-order valence-electron chi connectivity index (χ4n) is 2.81. The van der Waals surface area contributed by atoms with E-state index in [2.05, 4.69) is 4.98 Å². The Kier molecular flexibility index (Phi) is 5.62. The summed E-state index contributed by atoms with van der Waals surface area (Å²) in [7, 11) is 0. The molecule has 0 amide bonds. The lowest BCUT2D eigenvalue weighted by atomic mass is 10.2. The van der Waals surface area contributed by atoms with Crippen molar-refractivity contribution in [1.29, 1.82) is 5.26 Å². The van der Waals surface area contributed by atoms with E-state index in [0.29, 0.717) is 21.7 Å². The van der Waals surface area contributed by atoms with Gasteiger partial charge in [-0.25, -0.2) is 4.98 Å². The molecule has 140 valence electrons. The van der Waals surface area contributed by atoms with E-state index < -0.39 is 5.78 Å². The lowest BCUT2D eigenvalue weighted by Gasteiger charge is -2.15. The second kappa shape index (κ2) is 8.11. The highest BCUT2D eigenvalue weighted by Crippen LogP contribution is 2.23. The number of nitrogens with zero attached hydrogens (tertiary/aromatic N) is 3. The highest BCUT2D eigenvalue weighted by Gasteiger charge is 2.18. The second-order valence-corrected chi connectivity index (χ2v) is 7.16. The molecule has 0 saturated heterocycles. The van der Waals surface area contributed by atoms with Crippen molar-refractivity contribution in [2.24, 2.45) is 5.73 Å². The van der Waals surface area contributed by atoms with Crippen molar-refractivity contribution >= 4 is 28.4 Å². The summed E-state index contributed by atoms with van der Waals surface area (Å²) in [6, 6.07) is 16.4. The van der Waals surface area contributed by atoms with Crippen LogP contribution in [-0.4, -0.2) is 21.1 Å². The number of carbonyl (C=O) groups is 1. The van der Waals surface area contributed by atoms with Crippen LogP contribution in [0.25, 0.3) is 16.6 Å². The molecule has 0 atom stereocenters. The van der Waals surface area contributed by atoms with E-state index in [1.165, 1.54) is 11.5 Å². The summed E-state index contributed by atoms with van der Waals surface area (Å²) in [5, 5.41) is 10.0. The van der Waals surface area contributed by atoms with E-state index in [9.17, 15) is 9.59 Å². The number of ketones is 1. The van der Waals surface area contributed by atoms with E-state index in [4.69, 9.17) is 11.0 Å². The van der Waals surface area contributed by atoms with Gasteiger partial charge in [-0.1, -0.05) is 42.1 Å². The highest BCUT2D eigenvalue weighted by atomic mass is 32.2. The van der Waals surface area contributed by atoms with Crippen LogP contribution in [0.1, 0.15) is 12.5 Å². The highest BCUT2D eigenvalue weighted by molar-refractivity contribution is 7.99. The molecule has 7 heteroatoms. The first-order valence-electron chi connectivity index (χ1n) is 8.54. The van der Waals surface area contributed by atoms with Crippen LogP contribution in [0.4, 0.5) is 0 Å². The van der Waals surface area contributed by atoms with Crippen molar-refractivity contribution in [3.63, 3.8) is 0 Å². The second-order valence-electron chi connectivity index (χ2n) is 6.22. The Hall–Kier alpha value is -3.37. The molecule has 1 heterocycles. The van der Waals surface area contributed by atoms with Crippen LogP contribution in [0.2, 0.25) is 0 Å². The monoisotopic (exact) mass is 390 g/mol. The van der Waals surface area contributed by atoms with E-state index >= 15 is 0 Å². The minimum atomic E-state index is -0.397. The maximum Gasteiger partial charge on any atom is 0.266 e. The van der Waals surface area contributed by atoms with E-state index in [0.717, 1.165) is 17.3 Å². The summed E-state index contributed by atoms with van der Waals surface area (Å²) >= 11 is 1.11. The number of para-hydroxylation sites is 2. The molecule has 0 radical (unpaired) electrons. The van der Waals surface area contributed by atoms with Gasteiger partial charge in [-0.05, 0) is 37.6 Å². The molecule has 6 nitrogen and oxygen atoms in total. The summed E-state index contributed by atoms with van der Waals surface area (Å²) in [5.41, 5.74) is 7.67. The zero-order valence-electron chi connectivity index (χ0n) is 15.5. The van der Waals surface area contributed by atoms with Gasteiger partial charge in [0.05, 0.1) is 22.3 Å². The van der Waals surface area contributed by atoms with Gasteiger partial charge in [0.25, 0.3) is 5.56 Å². The Balaban J connectivity index is 2.14. The molecular weight excluding hydrogens is 372 g/mol. The van der Waals surface area contributed by atoms with Crippen LogP contribution in [-0.2, 0) is 4.79 Å². The molecule has 2 aromatic carbocycles. The first-order chi connectivity index (χ1) is 13.4. The number of Topliss-reactive ketones (excluding diaryl/α,β-unsaturated/α-hetero) is 1. The number of nitriles is 1. The Morgan fingerprint density at radius 3 is 2.57 bits per heavy atom. The number of aryl methyl sites for hydroxylation is 1. The van der Waals surface area contributed by atoms with Crippen molar-refractivity contribution in [2.75, 3.05) is 5.75 Å². The molecule has 0 aliphatic carbocycles. The van der Waals surface area contributed by atoms with Gasteiger partial charge >= 0.3 is 0 Å². The number of allylic oxidation sites excluding steroid dienone is 2. The standard InChI is InChI=1S/C21H18N4O2S/c1-13-7-3-6-10-18(13)25-20(27)15-8-4-5-9-17(15)24-21(25)28-12-19(26)16(11-22)14(2)23/h3-10H,12,23H2,1-2H3. The number of carbonyl (C=O) groups excluding carboxylic acids is 1. The van der Waals surface area contributed by atoms with Crippen LogP contribution in [0, 0.1) is 18.3 Å². The molecular formula is C21H18N4O2S. The van der Waals surface area contributed by atoms with Crippen LogP contribution in [0.15, 0.2) is 69.8 Å². The van der Waals surface area contributed by atoms with Crippen LogP contribution >= 0.6 is 11.8 Å². The first kappa shape index (κ1) is 19.4. The molecule has 1 aromatic heterocycles.